The number of hydrogen-bond donors (Lipinski definition) is 2. The highest BCUT2D eigenvalue weighted by Crippen LogP contribution is 2.34. The predicted molar refractivity (Wildman–Crippen MR) is 80.2 cm³/mol. The molecule has 4 heteroatoms. The Morgan fingerprint density at radius 3 is 2.37 bits per heavy atom. The SMILES string of the molecule is CCCC1(C(=O)NCC(C)(C)N(C)C)CCNCC1. The van der Waals surface area contributed by atoms with E-state index in [9.17, 15) is 4.79 Å². The number of hydrogen-bond acceptors (Lipinski definition) is 3. The predicted octanol–water partition coefficient (Wildman–Crippen LogP) is 1.61. The molecule has 1 fully saturated rings. The topological polar surface area (TPSA) is 44.4 Å². The molecule has 0 atom stereocenters. The van der Waals surface area contributed by atoms with Crippen LogP contribution in [-0.4, -0.2) is 50.1 Å². The summed E-state index contributed by atoms with van der Waals surface area (Å²) < 4.78 is 0. The number of nitrogens with one attached hydrogen (secondary N) is 2. The van der Waals surface area contributed by atoms with Gasteiger partial charge in [-0.25, -0.2) is 0 Å². The second-order valence-corrected chi connectivity index (χ2v) is 6.67. The van der Waals surface area contributed by atoms with E-state index in [1.807, 2.05) is 0 Å². The summed E-state index contributed by atoms with van der Waals surface area (Å²) >= 11 is 0. The average Bonchev–Trinajstić information content (AvgIpc) is 2.37. The molecule has 0 aromatic carbocycles. The van der Waals surface area contributed by atoms with Crippen LogP contribution >= 0.6 is 0 Å². The molecule has 2 N–H and O–H groups in total. The number of amides is 1. The minimum absolute atomic E-state index is 0.00399. The summed E-state index contributed by atoms with van der Waals surface area (Å²) in [6.07, 6.45) is 4.01. The van der Waals surface area contributed by atoms with Crippen molar-refractivity contribution in [3.63, 3.8) is 0 Å². The lowest BCUT2D eigenvalue weighted by atomic mass is 9.74. The summed E-state index contributed by atoms with van der Waals surface area (Å²) in [4.78, 5) is 14.8. The van der Waals surface area contributed by atoms with Crippen LogP contribution in [0, 0.1) is 5.41 Å². The molecular weight excluding hydrogens is 238 g/mol. The molecule has 0 saturated carbocycles. The first-order valence-electron chi connectivity index (χ1n) is 7.50. The second-order valence-electron chi connectivity index (χ2n) is 6.67. The van der Waals surface area contributed by atoms with Crippen molar-refractivity contribution in [2.45, 2.75) is 52.0 Å². The van der Waals surface area contributed by atoms with Gasteiger partial charge < -0.3 is 15.5 Å². The lowest BCUT2D eigenvalue weighted by Crippen LogP contribution is -2.53. The van der Waals surface area contributed by atoms with Crippen LogP contribution in [0.5, 0.6) is 0 Å². The number of nitrogens with zero attached hydrogens (tertiary/aromatic N) is 1. The summed E-state index contributed by atoms with van der Waals surface area (Å²) in [7, 11) is 4.11. The molecule has 1 aliphatic rings. The highest BCUT2D eigenvalue weighted by atomic mass is 16.2. The van der Waals surface area contributed by atoms with Gasteiger partial charge in [0.15, 0.2) is 0 Å². The smallest absolute Gasteiger partial charge is 0.226 e. The third-order valence-corrected chi connectivity index (χ3v) is 4.66. The van der Waals surface area contributed by atoms with Gasteiger partial charge in [0.2, 0.25) is 5.91 Å². The van der Waals surface area contributed by atoms with Crippen LogP contribution in [0.1, 0.15) is 46.5 Å². The van der Waals surface area contributed by atoms with Crippen LogP contribution in [0.4, 0.5) is 0 Å². The molecule has 0 spiro atoms. The van der Waals surface area contributed by atoms with Crippen molar-refractivity contribution in [2.75, 3.05) is 33.7 Å². The zero-order valence-electron chi connectivity index (χ0n) is 13.3. The first kappa shape index (κ1) is 16.4. The fraction of sp³-hybridized carbons (Fsp3) is 0.933. The van der Waals surface area contributed by atoms with Gasteiger partial charge in [-0.15, -0.1) is 0 Å². The zero-order valence-corrected chi connectivity index (χ0v) is 13.3. The van der Waals surface area contributed by atoms with Gasteiger partial charge >= 0.3 is 0 Å². The van der Waals surface area contributed by atoms with E-state index in [2.05, 4.69) is 50.4 Å². The minimum Gasteiger partial charge on any atom is -0.354 e. The standard InChI is InChI=1S/C15H31N3O/c1-6-7-15(8-10-16-11-9-15)13(19)17-12-14(2,3)18(4)5/h16H,6-12H2,1-5H3,(H,17,19). The maximum absolute atomic E-state index is 12.6. The Hall–Kier alpha value is -0.610. The van der Waals surface area contributed by atoms with Crippen LogP contribution in [0.3, 0.4) is 0 Å². The van der Waals surface area contributed by atoms with Gasteiger partial charge in [0.05, 0.1) is 5.41 Å². The van der Waals surface area contributed by atoms with Crippen LogP contribution in [0.25, 0.3) is 0 Å². The van der Waals surface area contributed by atoms with Crippen molar-refractivity contribution in [3.05, 3.63) is 0 Å². The summed E-state index contributed by atoms with van der Waals surface area (Å²) in [5, 5.41) is 6.55. The van der Waals surface area contributed by atoms with E-state index in [1.54, 1.807) is 0 Å². The highest BCUT2D eigenvalue weighted by molar-refractivity contribution is 5.82. The Labute approximate surface area is 118 Å². The number of likely N-dealkylation sites (N-methyl/N-ethyl adjacent to an activating group) is 1. The van der Waals surface area contributed by atoms with Crippen molar-refractivity contribution in [1.29, 1.82) is 0 Å². The zero-order chi connectivity index (χ0) is 14.5. The molecule has 112 valence electrons. The van der Waals surface area contributed by atoms with E-state index < -0.39 is 0 Å². The molecule has 1 amide bonds. The maximum atomic E-state index is 12.6. The van der Waals surface area contributed by atoms with Crippen molar-refractivity contribution < 1.29 is 4.79 Å². The van der Waals surface area contributed by atoms with Gasteiger partial charge in [-0.1, -0.05) is 13.3 Å². The van der Waals surface area contributed by atoms with E-state index in [1.165, 1.54) is 0 Å². The van der Waals surface area contributed by atoms with Gasteiger partial charge in [0.1, 0.15) is 0 Å². The van der Waals surface area contributed by atoms with Crippen LogP contribution in [-0.2, 0) is 4.79 Å². The summed E-state index contributed by atoms with van der Waals surface area (Å²) in [5.41, 5.74) is -0.141. The third kappa shape index (κ3) is 4.18. The minimum atomic E-state index is -0.137. The number of rotatable bonds is 6. The molecule has 1 saturated heterocycles. The normalized spacial score (nSPS) is 19.5. The Bertz CT molecular complexity index is 288. The van der Waals surface area contributed by atoms with E-state index in [4.69, 9.17) is 0 Å². The summed E-state index contributed by atoms with van der Waals surface area (Å²) in [5.74, 6) is 0.255. The number of piperidine rings is 1. The summed E-state index contributed by atoms with van der Waals surface area (Å²) in [6, 6.07) is 0. The van der Waals surface area contributed by atoms with Crippen molar-refractivity contribution in [2.24, 2.45) is 5.41 Å². The van der Waals surface area contributed by atoms with E-state index in [0.717, 1.165) is 38.8 Å². The van der Waals surface area contributed by atoms with Crippen LogP contribution in [0.2, 0.25) is 0 Å². The molecule has 1 rings (SSSR count). The van der Waals surface area contributed by atoms with Gasteiger partial charge in [-0.2, -0.15) is 0 Å². The quantitative estimate of drug-likeness (QED) is 0.770. The molecule has 0 aromatic heterocycles. The Balaban J connectivity index is 2.63. The summed E-state index contributed by atoms with van der Waals surface area (Å²) in [6.45, 7) is 9.11. The molecular formula is C15H31N3O. The van der Waals surface area contributed by atoms with Crippen molar-refractivity contribution >= 4 is 5.91 Å². The fourth-order valence-electron chi connectivity index (χ4n) is 2.62. The average molecular weight is 269 g/mol. The molecule has 0 bridgehead atoms. The van der Waals surface area contributed by atoms with Crippen LogP contribution < -0.4 is 10.6 Å². The molecule has 1 heterocycles. The molecule has 19 heavy (non-hydrogen) atoms. The van der Waals surface area contributed by atoms with E-state index in [0.29, 0.717) is 6.54 Å². The van der Waals surface area contributed by atoms with Gasteiger partial charge in [0, 0.05) is 12.1 Å². The molecule has 1 aliphatic heterocycles. The lowest BCUT2D eigenvalue weighted by molar-refractivity contribution is -0.133. The maximum Gasteiger partial charge on any atom is 0.226 e. The first-order chi connectivity index (χ1) is 8.84. The Morgan fingerprint density at radius 1 is 1.32 bits per heavy atom. The first-order valence-corrected chi connectivity index (χ1v) is 7.50. The largest absolute Gasteiger partial charge is 0.354 e. The fourth-order valence-corrected chi connectivity index (χ4v) is 2.62. The molecule has 0 radical (unpaired) electrons. The van der Waals surface area contributed by atoms with Gasteiger partial charge in [-0.3, -0.25) is 4.79 Å². The Morgan fingerprint density at radius 2 is 1.89 bits per heavy atom. The van der Waals surface area contributed by atoms with E-state index >= 15 is 0 Å². The highest BCUT2D eigenvalue weighted by Gasteiger charge is 2.39. The Kier molecular flexibility index (Phi) is 5.81. The number of carbonyl (C=O) groups excluding carboxylic acids is 1. The second kappa shape index (κ2) is 6.71. The van der Waals surface area contributed by atoms with Gasteiger partial charge in [0.25, 0.3) is 0 Å². The molecule has 4 nitrogen and oxygen atoms in total. The van der Waals surface area contributed by atoms with Crippen molar-refractivity contribution in [1.82, 2.24) is 15.5 Å². The van der Waals surface area contributed by atoms with Gasteiger partial charge in [-0.05, 0) is 60.3 Å². The molecule has 0 unspecified atom stereocenters. The monoisotopic (exact) mass is 269 g/mol. The lowest BCUT2D eigenvalue weighted by Gasteiger charge is -2.38. The van der Waals surface area contributed by atoms with Crippen LogP contribution in [0.15, 0.2) is 0 Å². The third-order valence-electron chi connectivity index (χ3n) is 4.66. The van der Waals surface area contributed by atoms with Crippen molar-refractivity contribution in [3.8, 4) is 0 Å². The molecule has 0 aromatic rings. The molecule has 0 aliphatic carbocycles. The van der Waals surface area contributed by atoms with E-state index in [-0.39, 0.29) is 16.9 Å². The number of carbonyl (C=O) groups is 1.